The van der Waals surface area contributed by atoms with Crippen molar-refractivity contribution in [1.82, 2.24) is 4.90 Å². The number of rotatable bonds is 3. The molecule has 1 aromatic rings. The Hall–Kier alpha value is -2.11. The molecule has 1 aromatic heterocycles. The van der Waals surface area contributed by atoms with Crippen molar-refractivity contribution in [1.29, 1.82) is 0 Å². The lowest BCUT2D eigenvalue weighted by Gasteiger charge is -2.31. The van der Waals surface area contributed by atoms with Gasteiger partial charge in [-0.05, 0) is 25.8 Å². The van der Waals surface area contributed by atoms with Crippen LogP contribution in [0.1, 0.15) is 30.1 Å². The molecule has 0 spiro atoms. The molecule has 0 bridgehead atoms. The number of hydrogen-bond donors (Lipinski definition) is 0. The first-order valence-electron chi connectivity index (χ1n) is 6.66. The lowest BCUT2D eigenvalue weighted by molar-refractivity contribution is -0.149. The Kier molecular flexibility index (Phi) is 4.55. The van der Waals surface area contributed by atoms with Gasteiger partial charge in [0.2, 0.25) is 0 Å². The molecule has 0 N–H and O–H groups in total. The maximum atomic E-state index is 12.2. The normalized spacial score (nSPS) is 18.6. The van der Waals surface area contributed by atoms with E-state index in [9.17, 15) is 14.4 Å². The van der Waals surface area contributed by atoms with E-state index in [0.717, 1.165) is 19.1 Å². The molecule has 108 valence electrons. The second-order valence-electron chi connectivity index (χ2n) is 4.69. The molecule has 2 heterocycles. The minimum Gasteiger partial charge on any atom is -0.466 e. The summed E-state index contributed by atoms with van der Waals surface area (Å²) in [4.78, 5) is 36.5. The Morgan fingerprint density at radius 1 is 1.45 bits per heavy atom. The number of carbonyl (C=O) groups is 2. The van der Waals surface area contributed by atoms with Crippen molar-refractivity contribution < 1.29 is 18.7 Å². The van der Waals surface area contributed by atoms with Crippen LogP contribution in [-0.2, 0) is 9.53 Å². The lowest BCUT2D eigenvalue weighted by atomic mass is 9.97. The molecule has 1 aliphatic heterocycles. The molecule has 1 aliphatic rings. The zero-order chi connectivity index (χ0) is 14.5. The summed E-state index contributed by atoms with van der Waals surface area (Å²) in [5.41, 5.74) is -0.182. The molecular weight excluding hydrogens is 262 g/mol. The quantitative estimate of drug-likeness (QED) is 0.773. The summed E-state index contributed by atoms with van der Waals surface area (Å²) in [6.45, 7) is 3.04. The van der Waals surface area contributed by atoms with Crippen molar-refractivity contribution in [3.05, 3.63) is 34.4 Å². The molecule has 2 rings (SSSR count). The van der Waals surface area contributed by atoms with Crippen LogP contribution in [-0.4, -0.2) is 36.5 Å². The smallest absolute Gasteiger partial charge is 0.335 e. The number of esters is 1. The van der Waals surface area contributed by atoms with E-state index in [-0.39, 0.29) is 17.8 Å². The van der Waals surface area contributed by atoms with Crippen LogP contribution in [0.5, 0.6) is 0 Å². The van der Waals surface area contributed by atoms with E-state index in [1.54, 1.807) is 11.8 Å². The van der Waals surface area contributed by atoms with Gasteiger partial charge in [0.1, 0.15) is 6.26 Å². The Morgan fingerprint density at radius 2 is 2.25 bits per heavy atom. The molecule has 20 heavy (non-hydrogen) atoms. The van der Waals surface area contributed by atoms with Crippen LogP contribution >= 0.6 is 0 Å². The third kappa shape index (κ3) is 3.26. The fraction of sp³-hybridized carbons (Fsp3) is 0.500. The largest absolute Gasteiger partial charge is 0.466 e. The zero-order valence-corrected chi connectivity index (χ0v) is 11.3. The molecule has 1 fully saturated rings. The molecule has 0 aromatic carbocycles. The van der Waals surface area contributed by atoms with Crippen LogP contribution in [0.15, 0.2) is 27.6 Å². The molecule has 0 saturated carbocycles. The SMILES string of the molecule is CCOC(=O)[C@H]1CCCN(C(=O)c2ccc(=O)oc2)C1. The predicted molar refractivity (Wildman–Crippen MR) is 70.2 cm³/mol. The monoisotopic (exact) mass is 279 g/mol. The summed E-state index contributed by atoms with van der Waals surface area (Å²) in [5, 5.41) is 0. The fourth-order valence-corrected chi connectivity index (χ4v) is 2.28. The maximum absolute atomic E-state index is 12.2. The highest BCUT2D eigenvalue weighted by Gasteiger charge is 2.29. The Labute approximate surface area is 116 Å². The molecule has 1 saturated heterocycles. The number of piperidine rings is 1. The lowest BCUT2D eigenvalue weighted by Crippen LogP contribution is -2.42. The van der Waals surface area contributed by atoms with E-state index < -0.39 is 5.63 Å². The summed E-state index contributed by atoms with van der Waals surface area (Å²) in [5.74, 6) is -0.768. The second kappa shape index (κ2) is 6.36. The highest BCUT2D eigenvalue weighted by Crippen LogP contribution is 2.19. The Morgan fingerprint density at radius 3 is 2.90 bits per heavy atom. The van der Waals surface area contributed by atoms with Gasteiger partial charge in [-0.15, -0.1) is 0 Å². The molecule has 0 unspecified atom stereocenters. The van der Waals surface area contributed by atoms with E-state index in [0.29, 0.717) is 25.3 Å². The first kappa shape index (κ1) is 14.3. The fourth-order valence-electron chi connectivity index (χ4n) is 2.28. The van der Waals surface area contributed by atoms with Gasteiger partial charge < -0.3 is 14.1 Å². The van der Waals surface area contributed by atoms with Crippen LogP contribution in [0.4, 0.5) is 0 Å². The van der Waals surface area contributed by atoms with E-state index in [1.165, 1.54) is 12.1 Å². The topological polar surface area (TPSA) is 76.8 Å². The average molecular weight is 279 g/mol. The van der Waals surface area contributed by atoms with E-state index in [4.69, 9.17) is 4.74 Å². The van der Waals surface area contributed by atoms with Crippen molar-refractivity contribution in [3.8, 4) is 0 Å². The van der Waals surface area contributed by atoms with E-state index in [2.05, 4.69) is 4.42 Å². The molecule has 1 atom stereocenters. The number of likely N-dealkylation sites (tertiary alicyclic amines) is 1. The van der Waals surface area contributed by atoms with E-state index >= 15 is 0 Å². The van der Waals surface area contributed by atoms with Crippen LogP contribution < -0.4 is 5.63 Å². The summed E-state index contributed by atoms with van der Waals surface area (Å²) in [6, 6.07) is 2.64. The number of amides is 1. The standard InChI is InChI=1S/C14H17NO5/c1-2-19-14(18)10-4-3-7-15(8-10)13(17)11-5-6-12(16)20-9-11/h5-6,9-10H,2-4,7-8H2,1H3/t10-/m0/s1. The number of nitrogens with zero attached hydrogens (tertiary/aromatic N) is 1. The van der Waals surface area contributed by atoms with E-state index in [1.807, 2.05) is 0 Å². The minimum atomic E-state index is -0.496. The number of ether oxygens (including phenoxy) is 1. The van der Waals surface area contributed by atoms with Gasteiger partial charge in [-0.25, -0.2) is 4.79 Å². The highest BCUT2D eigenvalue weighted by atomic mass is 16.5. The van der Waals surface area contributed by atoms with Gasteiger partial charge in [0.05, 0.1) is 18.1 Å². The van der Waals surface area contributed by atoms with Crippen molar-refractivity contribution in [2.24, 2.45) is 5.92 Å². The third-order valence-corrected chi connectivity index (χ3v) is 3.28. The summed E-state index contributed by atoms with van der Waals surface area (Å²) >= 11 is 0. The zero-order valence-electron chi connectivity index (χ0n) is 11.3. The first-order chi connectivity index (χ1) is 9.61. The van der Waals surface area contributed by atoms with Gasteiger partial charge in [0, 0.05) is 19.2 Å². The van der Waals surface area contributed by atoms with Crippen LogP contribution in [0.3, 0.4) is 0 Å². The molecule has 0 radical (unpaired) electrons. The molecule has 6 nitrogen and oxygen atoms in total. The minimum absolute atomic E-state index is 0.234. The summed E-state index contributed by atoms with van der Waals surface area (Å²) < 4.78 is 9.68. The third-order valence-electron chi connectivity index (χ3n) is 3.28. The molecule has 1 amide bonds. The van der Waals surface area contributed by atoms with Crippen LogP contribution in [0.25, 0.3) is 0 Å². The van der Waals surface area contributed by atoms with Gasteiger partial charge in [-0.1, -0.05) is 0 Å². The van der Waals surface area contributed by atoms with Crippen molar-refractivity contribution in [2.75, 3.05) is 19.7 Å². The van der Waals surface area contributed by atoms with Crippen LogP contribution in [0, 0.1) is 5.92 Å². The van der Waals surface area contributed by atoms with Crippen molar-refractivity contribution in [3.63, 3.8) is 0 Å². The van der Waals surface area contributed by atoms with Gasteiger partial charge in [0.25, 0.3) is 5.91 Å². The maximum Gasteiger partial charge on any atom is 0.335 e. The number of hydrogen-bond acceptors (Lipinski definition) is 5. The van der Waals surface area contributed by atoms with Gasteiger partial charge in [-0.2, -0.15) is 0 Å². The number of carbonyl (C=O) groups excluding carboxylic acids is 2. The van der Waals surface area contributed by atoms with Gasteiger partial charge in [-0.3, -0.25) is 9.59 Å². The summed E-state index contributed by atoms with van der Waals surface area (Å²) in [6.07, 6.45) is 2.64. The Bertz CT molecular complexity index is 530. The van der Waals surface area contributed by atoms with Gasteiger partial charge >= 0.3 is 11.6 Å². The van der Waals surface area contributed by atoms with Crippen molar-refractivity contribution >= 4 is 11.9 Å². The molecular formula is C14H17NO5. The molecule has 0 aliphatic carbocycles. The van der Waals surface area contributed by atoms with Crippen molar-refractivity contribution in [2.45, 2.75) is 19.8 Å². The average Bonchev–Trinajstić information content (AvgIpc) is 2.48. The Balaban J connectivity index is 2.04. The second-order valence-corrected chi connectivity index (χ2v) is 4.69. The van der Waals surface area contributed by atoms with Crippen LogP contribution in [0.2, 0.25) is 0 Å². The first-order valence-corrected chi connectivity index (χ1v) is 6.66. The highest BCUT2D eigenvalue weighted by molar-refractivity contribution is 5.94. The van der Waals surface area contributed by atoms with Gasteiger partial charge in [0.15, 0.2) is 0 Å². The summed E-state index contributed by atoms with van der Waals surface area (Å²) in [7, 11) is 0. The molecule has 6 heteroatoms. The predicted octanol–water partition coefficient (Wildman–Crippen LogP) is 1.06.